The Morgan fingerprint density at radius 2 is 0.849 bits per heavy atom. The molecule has 0 radical (unpaired) electrons. The molecule has 0 aromatic heterocycles. The Bertz CT molecular complexity index is 1620. The Kier molecular flexibility index (Phi) is 40.4. The van der Waals surface area contributed by atoms with E-state index in [-0.39, 0.29) is 19.6 Å². The predicted molar refractivity (Wildman–Crippen MR) is 288 cm³/mol. The predicted octanol–water partition coefficient (Wildman–Crippen LogP) is 9.18. The van der Waals surface area contributed by atoms with Crippen LogP contribution in [0.5, 0.6) is 0 Å². The molecular formula is C59H96O14. The molecule has 0 spiro atoms. The van der Waals surface area contributed by atoms with E-state index in [1.807, 2.05) is 0 Å². The molecule has 0 aromatic rings. The summed E-state index contributed by atoms with van der Waals surface area (Å²) in [4.78, 5) is 13.0. The van der Waals surface area contributed by atoms with Crippen LogP contribution in [0.3, 0.4) is 0 Å². The zero-order chi connectivity index (χ0) is 53.0. The highest BCUT2D eigenvalue weighted by atomic mass is 16.7. The second-order valence-corrected chi connectivity index (χ2v) is 18.6. The van der Waals surface area contributed by atoms with E-state index >= 15 is 0 Å². The first-order valence-corrected chi connectivity index (χ1v) is 27.5. The lowest BCUT2D eigenvalue weighted by molar-refractivity contribution is -0.332. The van der Waals surface area contributed by atoms with E-state index in [2.05, 4.69) is 123 Å². The first kappa shape index (κ1) is 65.8. The molecule has 416 valence electrons. The van der Waals surface area contributed by atoms with Crippen molar-refractivity contribution >= 4 is 5.97 Å². The van der Waals surface area contributed by atoms with Crippen LogP contribution >= 0.6 is 0 Å². The summed E-state index contributed by atoms with van der Waals surface area (Å²) < 4.78 is 34.3. The van der Waals surface area contributed by atoms with Crippen molar-refractivity contribution in [1.82, 2.24) is 0 Å². The van der Waals surface area contributed by atoms with E-state index in [1.165, 1.54) is 0 Å². The van der Waals surface area contributed by atoms with Crippen molar-refractivity contribution in [2.45, 2.75) is 223 Å². The molecule has 0 aliphatic carbocycles. The molecule has 73 heavy (non-hydrogen) atoms. The minimum absolute atomic E-state index is 0.0330. The van der Waals surface area contributed by atoms with Gasteiger partial charge in [-0.1, -0.05) is 162 Å². The standard InChI is InChI=1S/C59H96O14/c1-3-5-7-9-11-13-15-17-19-20-21-22-23-24-25-26-27-29-31-33-35-37-39-41-43-68-45-48(71-51(61)42-40-38-36-34-32-30-28-18-16-14-12-10-8-6-4-2)46-69-58-57(67)55(65)53(63)50(73-58)47-70-59-56(66)54(64)52(62)49(44-60)72-59/h5-8,11-14,17-19,21-22,24-25,27-29,48-50,52-60,62-67H,3-4,9-10,15-16,20,23,26,30-47H2,1-2H3/b7-5-,8-6-,13-11-,14-12-,19-17-,22-21-,25-24-,28-18-,29-27-. The second kappa shape index (κ2) is 44.9. The average Bonchev–Trinajstić information content (AvgIpc) is 3.39. The third-order valence-corrected chi connectivity index (χ3v) is 12.3. The summed E-state index contributed by atoms with van der Waals surface area (Å²) >= 11 is 0. The van der Waals surface area contributed by atoms with E-state index in [1.54, 1.807) is 0 Å². The van der Waals surface area contributed by atoms with E-state index in [0.717, 1.165) is 128 Å². The van der Waals surface area contributed by atoms with E-state index in [9.17, 15) is 40.5 Å². The van der Waals surface area contributed by atoms with Crippen LogP contribution in [0.2, 0.25) is 0 Å². The number of rotatable bonds is 42. The second-order valence-electron chi connectivity index (χ2n) is 18.6. The molecule has 14 heteroatoms. The fraction of sp³-hybridized carbons (Fsp3) is 0.678. The fourth-order valence-corrected chi connectivity index (χ4v) is 7.89. The SMILES string of the molecule is CC/C=C\C/C=C\C/C=C\C/C=C\C/C=C\C/C=C\CCCCCCCOCC(COC1OC(COC2OC(CO)C(O)C(O)C2O)C(O)C(O)C1O)OC(=O)CCCCCCC/C=C\C/C=C\C/C=C\CC. The number of unbranched alkanes of at least 4 members (excludes halogenated alkanes) is 10. The molecular weight excluding hydrogens is 933 g/mol. The number of allylic oxidation sites excluding steroid dienone is 18. The van der Waals surface area contributed by atoms with E-state index in [4.69, 9.17) is 28.4 Å². The van der Waals surface area contributed by atoms with E-state index < -0.39 is 86.7 Å². The van der Waals surface area contributed by atoms with Gasteiger partial charge < -0.3 is 64.2 Å². The molecule has 0 bridgehead atoms. The first-order valence-electron chi connectivity index (χ1n) is 27.5. The largest absolute Gasteiger partial charge is 0.457 e. The zero-order valence-electron chi connectivity index (χ0n) is 44.3. The van der Waals surface area contributed by atoms with Gasteiger partial charge in [-0.25, -0.2) is 0 Å². The summed E-state index contributed by atoms with van der Waals surface area (Å²) in [5.74, 6) is -0.406. The Hall–Kier alpha value is -3.35. The molecule has 0 amide bonds. The Morgan fingerprint density at radius 3 is 1.33 bits per heavy atom. The van der Waals surface area contributed by atoms with Gasteiger partial charge >= 0.3 is 5.97 Å². The third kappa shape index (κ3) is 32.0. The fourth-order valence-electron chi connectivity index (χ4n) is 7.89. The van der Waals surface area contributed by atoms with Gasteiger partial charge in [0.2, 0.25) is 0 Å². The van der Waals surface area contributed by atoms with Gasteiger partial charge in [0.25, 0.3) is 0 Å². The first-order chi connectivity index (χ1) is 35.6. The maximum atomic E-state index is 13.0. The number of ether oxygens (including phenoxy) is 6. The molecule has 7 N–H and O–H groups in total. The lowest BCUT2D eigenvalue weighted by Crippen LogP contribution is -2.61. The van der Waals surface area contributed by atoms with Gasteiger partial charge in [0.1, 0.15) is 54.9 Å². The minimum Gasteiger partial charge on any atom is -0.457 e. The van der Waals surface area contributed by atoms with Gasteiger partial charge in [0.15, 0.2) is 12.6 Å². The molecule has 0 saturated carbocycles. The van der Waals surface area contributed by atoms with Gasteiger partial charge in [-0.05, 0) is 96.3 Å². The number of hydrogen-bond donors (Lipinski definition) is 7. The Balaban J connectivity index is 1.75. The van der Waals surface area contributed by atoms with E-state index in [0.29, 0.717) is 13.0 Å². The molecule has 14 nitrogen and oxygen atoms in total. The van der Waals surface area contributed by atoms with Crippen LogP contribution in [0.15, 0.2) is 109 Å². The number of esters is 1. The van der Waals surface area contributed by atoms with Gasteiger partial charge in [-0.3, -0.25) is 4.79 Å². The molecule has 11 unspecified atom stereocenters. The molecule has 2 rings (SSSR count). The number of carbonyl (C=O) groups excluding carboxylic acids is 1. The maximum Gasteiger partial charge on any atom is 0.306 e. The smallest absolute Gasteiger partial charge is 0.306 e. The van der Waals surface area contributed by atoms with Gasteiger partial charge in [0, 0.05) is 13.0 Å². The quantitative estimate of drug-likeness (QED) is 0.0173. The highest BCUT2D eigenvalue weighted by Crippen LogP contribution is 2.26. The molecule has 2 saturated heterocycles. The number of carbonyl (C=O) groups is 1. The monoisotopic (exact) mass is 1030 g/mol. The van der Waals surface area contributed by atoms with Crippen molar-refractivity contribution in [3.63, 3.8) is 0 Å². The van der Waals surface area contributed by atoms with Crippen LogP contribution in [0, 0.1) is 0 Å². The zero-order valence-corrected chi connectivity index (χ0v) is 44.3. The summed E-state index contributed by atoms with van der Waals surface area (Å²) in [5, 5.41) is 72.2. The molecule has 2 aliphatic rings. The normalized spacial score (nSPS) is 25.8. The lowest BCUT2D eigenvalue weighted by Gasteiger charge is -2.42. The van der Waals surface area contributed by atoms with Crippen molar-refractivity contribution in [3.05, 3.63) is 109 Å². The molecule has 2 aliphatic heterocycles. The Morgan fingerprint density at radius 1 is 0.452 bits per heavy atom. The summed E-state index contributed by atoms with van der Waals surface area (Å²) in [5.41, 5.74) is 0. The molecule has 2 heterocycles. The topological polar surface area (TPSA) is 214 Å². The van der Waals surface area contributed by atoms with Crippen LogP contribution in [-0.4, -0.2) is 142 Å². The number of hydrogen-bond acceptors (Lipinski definition) is 14. The van der Waals surface area contributed by atoms with Crippen molar-refractivity contribution in [2.24, 2.45) is 0 Å². The summed E-state index contributed by atoms with van der Waals surface area (Å²) in [6.45, 7) is 3.36. The summed E-state index contributed by atoms with van der Waals surface area (Å²) in [6.07, 6.45) is 44.3. The van der Waals surface area contributed by atoms with Crippen LogP contribution in [0.4, 0.5) is 0 Å². The van der Waals surface area contributed by atoms with Crippen LogP contribution in [0.25, 0.3) is 0 Å². The highest BCUT2D eigenvalue weighted by Gasteiger charge is 2.47. The van der Waals surface area contributed by atoms with Crippen molar-refractivity contribution in [2.75, 3.05) is 33.0 Å². The van der Waals surface area contributed by atoms with Crippen molar-refractivity contribution < 1.29 is 69.0 Å². The Labute approximate surface area is 438 Å². The van der Waals surface area contributed by atoms with Gasteiger partial charge in [-0.2, -0.15) is 0 Å². The van der Waals surface area contributed by atoms with Crippen molar-refractivity contribution in [1.29, 1.82) is 0 Å². The number of aliphatic hydroxyl groups excluding tert-OH is 7. The van der Waals surface area contributed by atoms with Crippen molar-refractivity contribution in [3.8, 4) is 0 Å². The van der Waals surface area contributed by atoms with Crippen LogP contribution in [-0.2, 0) is 33.2 Å². The third-order valence-electron chi connectivity index (χ3n) is 12.3. The van der Waals surface area contributed by atoms with Gasteiger partial charge in [-0.15, -0.1) is 0 Å². The van der Waals surface area contributed by atoms with Gasteiger partial charge in [0.05, 0.1) is 26.4 Å². The highest BCUT2D eigenvalue weighted by molar-refractivity contribution is 5.69. The molecule has 11 atom stereocenters. The summed E-state index contributed by atoms with van der Waals surface area (Å²) in [6, 6.07) is 0. The lowest BCUT2D eigenvalue weighted by atomic mass is 9.98. The minimum atomic E-state index is -1.72. The van der Waals surface area contributed by atoms with Crippen LogP contribution < -0.4 is 0 Å². The molecule has 0 aromatic carbocycles. The van der Waals surface area contributed by atoms with Crippen LogP contribution in [0.1, 0.15) is 155 Å². The molecule has 2 fully saturated rings. The number of aliphatic hydroxyl groups is 7. The maximum absolute atomic E-state index is 13.0. The summed E-state index contributed by atoms with van der Waals surface area (Å²) in [7, 11) is 0. The average molecular weight is 1030 g/mol.